The molecule has 1 aliphatic heterocycles. The van der Waals surface area contributed by atoms with Crippen molar-refractivity contribution < 1.29 is 14.3 Å². The van der Waals surface area contributed by atoms with E-state index in [9.17, 15) is 9.59 Å². The van der Waals surface area contributed by atoms with Gasteiger partial charge in [0.2, 0.25) is 5.91 Å². The molecule has 7 heteroatoms. The van der Waals surface area contributed by atoms with Crippen LogP contribution in [-0.4, -0.2) is 46.6 Å². The number of aromatic amines is 1. The zero-order chi connectivity index (χ0) is 17.0. The van der Waals surface area contributed by atoms with Gasteiger partial charge in [0, 0.05) is 18.4 Å². The number of carbonyl (C=O) groups is 2. The summed E-state index contributed by atoms with van der Waals surface area (Å²) in [6, 6.07) is -0.646. The Morgan fingerprint density at radius 1 is 1.52 bits per heavy atom. The average molecular weight is 322 g/mol. The molecule has 2 amide bonds. The van der Waals surface area contributed by atoms with Crippen LogP contribution in [-0.2, 0) is 16.0 Å². The quantitative estimate of drug-likeness (QED) is 0.868. The fraction of sp³-hybridized carbons (Fsp3) is 0.688. The number of amides is 2. The van der Waals surface area contributed by atoms with Crippen LogP contribution in [0.3, 0.4) is 0 Å². The molecule has 1 aliphatic rings. The smallest absolute Gasteiger partial charge is 0.407 e. The van der Waals surface area contributed by atoms with Gasteiger partial charge in [-0.05, 0) is 25.2 Å². The number of hydrogen-bond acceptors (Lipinski definition) is 4. The van der Waals surface area contributed by atoms with Crippen molar-refractivity contribution in [1.82, 2.24) is 20.2 Å². The van der Waals surface area contributed by atoms with Gasteiger partial charge in [0.05, 0.1) is 13.2 Å². The third-order valence-electron chi connectivity index (χ3n) is 4.27. The fourth-order valence-corrected chi connectivity index (χ4v) is 2.92. The van der Waals surface area contributed by atoms with Crippen molar-refractivity contribution in [1.29, 1.82) is 0 Å². The summed E-state index contributed by atoms with van der Waals surface area (Å²) >= 11 is 0. The van der Waals surface area contributed by atoms with Crippen molar-refractivity contribution in [2.45, 2.75) is 52.1 Å². The number of imidazole rings is 1. The standard InChI is InChI=1S/C16H26N4O3/c1-5-11-9-17-14(18-11)12-7-6-8-20(12)15(21)13(10(2)3)19-16(22)23-4/h9-10,12-13H,5-8H2,1-4H3,(H,17,18)(H,19,22). The Kier molecular flexibility index (Phi) is 5.63. The summed E-state index contributed by atoms with van der Waals surface area (Å²) in [4.78, 5) is 34.0. The van der Waals surface area contributed by atoms with Crippen molar-refractivity contribution in [3.8, 4) is 0 Å². The number of hydrogen-bond donors (Lipinski definition) is 2. The molecule has 2 N–H and O–H groups in total. The normalized spacial score (nSPS) is 19.0. The maximum atomic E-state index is 12.9. The number of H-pyrrole nitrogens is 1. The number of nitrogens with zero attached hydrogens (tertiary/aromatic N) is 2. The number of methoxy groups -OCH3 is 1. The Morgan fingerprint density at radius 3 is 2.83 bits per heavy atom. The molecule has 0 aliphatic carbocycles. The van der Waals surface area contributed by atoms with Crippen molar-refractivity contribution in [2.75, 3.05) is 13.7 Å². The Balaban J connectivity index is 2.16. The second kappa shape index (κ2) is 7.48. The molecule has 1 aromatic rings. The maximum absolute atomic E-state index is 12.9. The van der Waals surface area contributed by atoms with Crippen LogP contribution in [0.15, 0.2) is 6.20 Å². The summed E-state index contributed by atoms with van der Waals surface area (Å²) in [5.74, 6) is 0.723. The topological polar surface area (TPSA) is 87.3 Å². The lowest BCUT2D eigenvalue weighted by Gasteiger charge is -2.30. The first kappa shape index (κ1) is 17.3. The summed E-state index contributed by atoms with van der Waals surface area (Å²) in [5, 5.41) is 2.65. The highest BCUT2D eigenvalue weighted by Crippen LogP contribution is 2.31. The number of ether oxygens (including phenoxy) is 1. The van der Waals surface area contributed by atoms with Crippen LogP contribution in [0.5, 0.6) is 0 Å². The summed E-state index contributed by atoms with van der Waals surface area (Å²) < 4.78 is 4.63. The maximum Gasteiger partial charge on any atom is 0.407 e. The summed E-state index contributed by atoms with van der Waals surface area (Å²) in [7, 11) is 1.30. The molecule has 23 heavy (non-hydrogen) atoms. The molecular formula is C16H26N4O3. The van der Waals surface area contributed by atoms with E-state index in [4.69, 9.17) is 0 Å². The van der Waals surface area contributed by atoms with Gasteiger partial charge in [0.25, 0.3) is 0 Å². The number of aromatic nitrogens is 2. The summed E-state index contributed by atoms with van der Waals surface area (Å²) in [6.07, 6.45) is 3.93. The van der Waals surface area contributed by atoms with Crippen molar-refractivity contribution in [3.63, 3.8) is 0 Å². The molecule has 2 heterocycles. The third kappa shape index (κ3) is 3.83. The second-order valence-corrected chi connectivity index (χ2v) is 6.19. The number of nitrogens with one attached hydrogen (secondary N) is 2. The predicted octanol–water partition coefficient (Wildman–Crippen LogP) is 2.02. The predicted molar refractivity (Wildman–Crippen MR) is 85.8 cm³/mol. The van der Waals surface area contributed by atoms with Crippen molar-refractivity contribution >= 4 is 12.0 Å². The van der Waals surface area contributed by atoms with Crippen LogP contribution in [0.1, 0.15) is 51.2 Å². The van der Waals surface area contributed by atoms with Gasteiger partial charge in [-0.3, -0.25) is 4.79 Å². The lowest BCUT2D eigenvalue weighted by Crippen LogP contribution is -2.51. The number of alkyl carbamates (subject to hydrolysis) is 1. The number of rotatable bonds is 5. The van der Waals surface area contributed by atoms with Crippen molar-refractivity contribution in [2.24, 2.45) is 5.92 Å². The van der Waals surface area contributed by atoms with Crippen LogP contribution in [0, 0.1) is 5.92 Å². The zero-order valence-corrected chi connectivity index (χ0v) is 14.3. The van der Waals surface area contributed by atoms with Gasteiger partial charge >= 0.3 is 6.09 Å². The van der Waals surface area contributed by atoms with E-state index in [1.807, 2.05) is 24.9 Å². The minimum atomic E-state index is -0.594. The molecule has 7 nitrogen and oxygen atoms in total. The molecule has 1 saturated heterocycles. The van der Waals surface area contributed by atoms with E-state index in [0.717, 1.165) is 30.8 Å². The van der Waals surface area contributed by atoms with E-state index in [0.29, 0.717) is 6.54 Å². The first-order valence-corrected chi connectivity index (χ1v) is 8.16. The number of likely N-dealkylation sites (tertiary alicyclic amines) is 1. The van der Waals surface area contributed by atoms with E-state index >= 15 is 0 Å². The lowest BCUT2D eigenvalue weighted by molar-refractivity contribution is -0.135. The molecule has 0 bridgehead atoms. The molecule has 1 fully saturated rings. The van der Waals surface area contributed by atoms with Gasteiger partial charge in [-0.15, -0.1) is 0 Å². The molecule has 0 spiro atoms. The van der Waals surface area contributed by atoms with E-state index < -0.39 is 12.1 Å². The molecule has 2 atom stereocenters. The fourth-order valence-electron chi connectivity index (χ4n) is 2.92. The Hall–Kier alpha value is -2.05. The van der Waals surface area contributed by atoms with Crippen LogP contribution in [0.2, 0.25) is 0 Å². The average Bonchev–Trinajstić information content (AvgIpc) is 3.19. The van der Waals surface area contributed by atoms with Crippen LogP contribution in [0.4, 0.5) is 4.79 Å². The highest BCUT2D eigenvalue weighted by atomic mass is 16.5. The molecule has 0 radical (unpaired) electrons. The highest BCUT2D eigenvalue weighted by molar-refractivity contribution is 5.86. The largest absolute Gasteiger partial charge is 0.453 e. The van der Waals surface area contributed by atoms with E-state index in [-0.39, 0.29) is 17.9 Å². The van der Waals surface area contributed by atoms with Crippen LogP contribution in [0.25, 0.3) is 0 Å². The Morgan fingerprint density at radius 2 is 2.26 bits per heavy atom. The molecule has 0 saturated carbocycles. The van der Waals surface area contributed by atoms with Gasteiger partial charge < -0.3 is 19.9 Å². The van der Waals surface area contributed by atoms with Gasteiger partial charge in [-0.2, -0.15) is 0 Å². The summed E-state index contributed by atoms with van der Waals surface area (Å²) in [5.41, 5.74) is 1.06. The van der Waals surface area contributed by atoms with Gasteiger partial charge in [0.15, 0.2) is 0 Å². The van der Waals surface area contributed by atoms with Gasteiger partial charge in [-0.1, -0.05) is 20.8 Å². The molecule has 0 aromatic carbocycles. The van der Waals surface area contributed by atoms with Gasteiger partial charge in [-0.25, -0.2) is 9.78 Å². The van der Waals surface area contributed by atoms with E-state index in [2.05, 4.69) is 26.9 Å². The molecule has 2 rings (SSSR count). The van der Waals surface area contributed by atoms with Crippen molar-refractivity contribution in [3.05, 3.63) is 17.7 Å². The first-order chi connectivity index (χ1) is 11.0. The first-order valence-electron chi connectivity index (χ1n) is 8.16. The van der Waals surface area contributed by atoms with Crippen LogP contribution >= 0.6 is 0 Å². The Bertz CT molecular complexity index is 555. The minimum Gasteiger partial charge on any atom is -0.453 e. The molecular weight excluding hydrogens is 296 g/mol. The molecule has 128 valence electrons. The number of carbonyl (C=O) groups excluding carboxylic acids is 2. The number of aryl methyl sites for hydroxylation is 1. The molecule has 2 unspecified atom stereocenters. The lowest BCUT2D eigenvalue weighted by atomic mass is 10.0. The van der Waals surface area contributed by atoms with Crippen LogP contribution < -0.4 is 5.32 Å². The molecule has 1 aromatic heterocycles. The van der Waals surface area contributed by atoms with E-state index in [1.54, 1.807) is 0 Å². The summed E-state index contributed by atoms with van der Waals surface area (Å²) in [6.45, 7) is 6.55. The second-order valence-electron chi connectivity index (χ2n) is 6.19. The van der Waals surface area contributed by atoms with Gasteiger partial charge in [0.1, 0.15) is 11.9 Å². The van der Waals surface area contributed by atoms with E-state index in [1.165, 1.54) is 7.11 Å². The monoisotopic (exact) mass is 322 g/mol. The Labute approximate surface area is 136 Å². The highest BCUT2D eigenvalue weighted by Gasteiger charge is 2.37. The minimum absolute atomic E-state index is 0.0225. The third-order valence-corrected chi connectivity index (χ3v) is 4.27. The zero-order valence-electron chi connectivity index (χ0n) is 14.3. The SMILES string of the molecule is CCc1cnc(C2CCCN2C(=O)C(NC(=O)OC)C(C)C)[nH]1.